The van der Waals surface area contributed by atoms with Crippen LogP contribution in [0.1, 0.15) is 31.4 Å². The fourth-order valence-corrected chi connectivity index (χ4v) is 2.68. The highest BCUT2D eigenvalue weighted by Crippen LogP contribution is 2.31. The number of ether oxygens (including phenoxy) is 1. The van der Waals surface area contributed by atoms with Crippen molar-refractivity contribution in [2.45, 2.75) is 31.8 Å². The second-order valence-electron chi connectivity index (χ2n) is 5.43. The van der Waals surface area contributed by atoms with Gasteiger partial charge in [0.25, 0.3) is 0 Å². The molecule has 2 fully saturated rings. The van der Waals surface area contributed by atoms with Crippen molar-refractivity contribution in [3.63, 3.8) is 0 Å². The second-order valence-corrected chi connectivity index (χ2v) is 5.43. The average molecular weight is 276 g/mol. The van der Waals surface area contributed by atoms with Gasteiger partial charge in [-0.3, -0.25) is 9.78 Å². The molecule has 2 saturated heterocycles. The highest BCUT2D eigenvalue weighted by atomic mass is 16.5. The lowest BCUT2D eigenvalue weighted by atomic mass is 9.93. The lowest BCUT2D eigenvalue weighted by Gasteiger charge is -2.32. The van der Waals surface area contributed by atoms with E-state index in [1.54, 1.807) is 19.3 Å². The van der Waals surface area contributed by atoms with Gasteiger partial charge in [-0.25, -0.2) is 4.98 Å². The van der Waals surface area contributed by atoms with E-state index in [0.717, 1.165) is 44.7 Å². The molecule has 0 radical (unpaired) electrons. The summed E-state index contributed by atoms with van der Waals surface area (Å²) in [5.41, 5.74) is 0.947. The molecule has 0 atom stereocenters. The van der Waals surface area contributed by atoms with Gasteiger partial charge < -0.3 is 15.0 Å². The van der Waals surface area contributed by atoms with E-state index >= 15 is 0 Å². The molecule has 1 aromatic rings. The zero-order chi connectivity index (χ0) is 13.9. The Balaban J connectivity index is 1.68. The maximum Gasteiger partial charge on any atom is 0.236 e. The van der Waals surface area contributed by atoms with Crippen LogP contribution in [0, 0.1) is 0 Å². The molecule has 6 nitrogen and oxygen atoms in total. The van der Waals surface area contributed by atoms with Crippen molar-refractivity contribution >= 4 is 5.91 Å². The number of nitrogens with one attached hydrogen (secondary N) is 1. The van der Waals surface area contributed by atoms with Gasteiger partial charge in [-0.15, -0.1) is 0 Å². The van der Waals surface area contributed by atoms with Gasteiger partial charge in [0.1, 0.15) is 11.8 Å². The Labute approximate surface area is 118 Å². The normalized spacial score (nSPS) is 20.6. The van der Waals surface area contributed by atoms with E-state index in [-0.39, 0.29) is 12.0 Å². The van der Waals surface area contributed by atoms with Crippen LogP contribution in [0.15, 0.2) is 12.4 Å². The first-order valence-electron chi connectivity index (χ1n) is 7.18. The monoisotopic (exact) mass is 276 g/mol. The van der Waals surface area contributed by atoms with Crippen LogP contribution in [0.2, 0.25) is 0 Å². The van der Waals surface area contributed by atoms with E-state index in [1.165, 1.54) is 0 Å². The van der Waals surface area contributed by atoms with Crippen molar-refractivity contribution in [2.75, 3.05) is 26.2 Å². The molecule has 0 saturated carbocycles. The van der Waals surface area contributed by atoms with E-state index in [9.17, 15) is 4.79 Å². The van der Waals surface area contributed by atoms with Crippen LogP contribution in [0.25, 0.3) is 0 Å². The number of amides is 1. The second kappa shape index (κ2) is 5.75. The molecular formula is C14H20N4O2. The number of rotatable bonds is 3. The molecule has 2 aliphatic rings. The first-order valence-corrected chi connectivity index (χ1v) is 7.18. The average Bonchev–Trinajstić information content (AvgIpc) is 2.43. The molecule has 1 amide bonds. The molecule has 3 heterocycles. The minimum atomic E-state index is 0.152. The van der Waals surface area contributed by atoms with Crippen molar-refractivity contribution in [1.29, 1.82) is 0 Å². The molecule has 3 rings (SSSR count). The standard InChI is InChI=1S/C14H20N4O2/c1-10(19)18-6-2-11(3-7-18)13-14(17-5-4-16-13)20-12-8-15-9-12/h4-5,11-12,15H,2-3,6-9H2,1H3. The number of nitrogens with zero attached hydrogens (tertiary/aromatic N) is 3. The molecule has 0 spiro atoms. The molecular weight excluding hydrogens is 256 g/mol. The number of carbonyl (C=O) groups is 1. The van der Waals surface area contributed by atoms with Gasteiger partial charge in [-0.1, -0.05) is 0 Å². The first kappa shape index (κ1) is 13.3. The number of likely N-dealkylation sites (tertiary alicyclic amines) is 1. The molecule has 20 heavy (non-hydrogen) atoms. The topological polar surface area (TPSA) is 67.4 Å². The van der Waals surface area contributed by atoms with Crippen molar-refractivity contribution in [3.05, 3.63) is 18.1 Å². The summed E-state index contributed by atoms with van der Waals surface area (Å²) in [5.74, 6) is 1.15. The quantitative estimate of drug-likeness (QED) is 0.873. The van der Waals surface area contributed by atoms with Crippen molar-refractivity contribution in [2.24, 2.45) is 0 Å². The zero-order valence-corrected chi connectivity index (χ0v) is 11.7. The third-order valence-corrected chi connectivity index (χ3v) is 4.04. The number of aromatic nitrogens is 2. The lowest BCUT2D eigenvalue weighted by molar-refractivity contribution is -0.129. The fraction of sp³-hybridized carbons (Fsp3) is 0.643. The van der Waals surface area contributed by atoms with Crippen molar-refractivity contribution < 1.29 is 9.53 Å². The van der Waals surface area contributed by atoms with Gasteiger partial charge in [-0.2, -0.15) is 0 Å². The predicted molar refractivity (Wildman–Crippen MR) is 73.5 cm³/mol. The number of carbonyl (C=O) groups excluding carboxylic acids is 1. The smallest absolute Gasteiger partial charge is 0.236 e. The molecule has 0 aromatic carbocycles. The highest BCUT2D eigenvalue weighted by Gasteiger charge is 2.28. The van der Waals surface area contributed by atoms with Gasteiger partial charge in [0, 0.05) is 51.4 Å². The van der Waals surface area contributed by atoms with E-state index in [1.807, 2.05) is 4.90 Å². The van der Waals surface area contributed by atoms with Gasteiger partial charge in [0.15, 0.2) is 0 Å². The summed E-state index contributed by atoms with van der Waals surface area (Å²) in [6, 6.07) is 0. The van der Waals surface area contributed by atoms with Crippen molar-refractivity contribution in [1.82, 2.24) is 20.2 Å². The van der Waals surface area contributed by atoms with E-state index in [4.69, 9.17) is 4.74 Å². The minimum absolute atomic E-state index is 0.152. The Bertz CT molecular complexity index is 482. The summed E-state index contributed by atoms with van der Waals surface area (Å²) >= 11 is 0. The molecule has 2 aliphatic heterocycles. The SMILES string of the molecule is CC(=O)N1CCC(c2nccnc2OC2CNC2)CC1. The van der Waals surface area contributed by atoms with Crippen LogP contribution >= 0.6 is 0 Å². The molecule has 1 aromatic heterocycles. The first-order chi connectivity index (χ1) is 9.74. The molecule has 108 valence electrons. The summed E-state index contributed by atoms with van der Waals surface area (Å²) in [4.78, 5) is 22.1. The van der Waals surface area contributed by atoms with Gasteiger partial charge in [0.2, 0.25) is 11.8 Å². The summed E-state index contributed by atoms with van der Waals surface area (Å²) in [5, 5.41) is 3.18. The Hall–Kier alpha value is -1.69. The van der Waals surface area contributed by atoms with E-state index in [0.29, 0.717) is 11.8 Å². The Morgan fingerprint density at radius 2 is 2.00 bits per heavy atom. The Morgan fingerprint density at radius 3 is 2.60 bits per heavy atom. The van der Waals surface area contributed by atoms with Crippen LogP contribution in [0.4, 0.5) is 0 Å². The van der Waals surface area contributed by atoms with Crippen LogP contribution in [-0.2, 0) is 4.79 Å². The minimum Gasteiger partial charge on any atom is -0.470 e. The largest absolute Gasteiger partial charge is 0.470 e. The summed E-state index contributed by atoms with van der Waals surface area (Å²) in [7, 11) is 0. The van der Waals surface area contributed by atoms with Gasteiger partial charge in [0.05, 0.1) is 0 Å². The highest BCUT2D eigenvalue weighted by molar-refractivity contribution is 5.73. The third-order valence-electron chi connectivity index (χ3n) is 4.04. The van der Waals surface area contributed by atoms with E-state index < -0.39 is 0 Å². The molecule has 6 heteroatoms. The Morgan fingerprint density at radius 1 is 1.30 bits per heavy atom. The molecule has 0 bridgehead atoms. The van der Waals surface area contributed by atoms with Gasteiger partial charge >= 0.3 is 0 Å². The number of hydrogen-bond donors (Lipinski definition) is 1. The maximum atomic E-state index is 11.4. The predicted octanol–water partition coefficient (Wildman–Crippen LogP) is 0.553. The molecule has 0 unspecified atom stereocenters. The van der Waals surface area contributed by atoms with Crippen molar-refractivity contribution in [3.8, 4) is 5.88 Å². The Kier molecular flexibility index (Phi) is 3.82. The van der Waals surface area contributed by atoms with Crippen LogP contribution in [0.3, 0.4) is 0 Å². The van der Waals surface area contributed by atoms with E-state index in [2.05, 4.69) is 15.3 Å². The van der Waals surface area contributed by atoms with Gasteiger partial charge in [-0.05, 0) is 12.8 Å². The molecule has 1 N–H and O–H groups in total. The van der Waals surface area contributed by atoms with Crippen LogP contribution in [0.5, 0.6) is 5.88 Å². The summed E-state index contributed by atoms with van der Waals surface area (Å²) in [6.45, 7) is 4.96. The summed E-state index contributed by atoms with van der Waals surface area (Å²) < 4.78 is 5.89. The summed E-state index contributed by atoms with van der Waals surface area (Å²) in [6.07, 6.45) is 5.46. The maximum absolute atomic E-state index is 11.4. The van der Waals surface area contributed by atoms with Crippen LogP contribution in [-0.4, -0.2) is 53.1 Å². The lowest BCUT2D eigenvalue weighted by Crippen LogP contribution is -2.50. The number of hydrogen-bond acceptors (Lipinski definition) is 5. The van der Waals surface area contributed by atoms with Crippen LogP contribution < -0.4 is 10.1 Å². The molecule has 0 aliphatic carbocycles. The number of piperidine rings is 1. The fourth-order valence-electron chi connectivity index (χ4n) is 2.68. The third kappa shape index (κ3) is 2.75. The zero-order valence-electron chi connectivity index (χ0n) is 11.7.